The van der Waals surface area contributed by atoms with E-state index in [1.54, 1.807) is 6.92 Å². The van der Waals surface area contributed by atoms with E-state index in [1.165, 1.54) is 11.3 Å². The second-order valence-electron chi connectivity index (χ2n) is 5.96. The number of thiazole rings is 1. The minimum Gasteiger partial charge on any atom is -0.304 e. The molecule has 1 saturated heterocycles. The van der Waals surface area contributed by atoms with Gasteiger partial charge in [-0.15, -0.1) is 11.3 Å². The fourth-order valence-electron chi connectivity index (χ4n) is 2.63. The number of hydrogen-bond acceptors (Lipinski definition) is 5. The summed E-state index contributed by atoms with van der Waals surface area (Å²) in [7, 11) is -1.46. The van der Waals surface area contributed by atoms with Crippen LogP contribution < -0.4 is 4.72 Å². The Bertz CT molecular complexity index is 578. The second kappa shape index (κ2) is 4.80. The number of sulfonamides is 1. The van der Waals surface area contributed by atoms with Crippen molar-refractivity contribution in [3.8, 4) is 0 Å². The van der Waals surface area contributed by atoms with E-state index in [0.717, 1.165) is 18.1 Å². The summed E-state index contributed by atoms with van der Waals surface area (Å²) >= 11 is 1.23. The van der Waals surface area contributed by atoms with Crippen LogP contribution >= 0.6 is 11.3 Å². The lowest BCUT2D eigenvalue weighted by atomic mass is 9.89. The predicted octanol–water partition coefficient (Wildman–Crippen LogP) is 1.38. The van der Waals surface area contributed by atoms with Gasteiger partial charge in [0.15, 0.2) is 4.21 Å². The minimum absolute atomic E-state index is 0.0601. The van der Waals surface area contributed by atoms with Crippen molar-refractivity contribution in [1.82, 2.24) is 14.6 Å². The Morgan fingerprint density at radius 2 is 2.05 bits per heavy atom. The van der Waals surface area contributed by atoms with Crippen molar-refractivity contribution < 1.29 is 8.42 Å². The molecule has 0 aliphatic carbocycles. The Morgan fingerprint density at radius 1 is 1.42 bits per heavy atom. The number of rotatable bonds is 3. The summed E-state index contributed by atoms with van der Waals surface area (Å²) in [6, 6.07) is -0.0655. The quantitative estimate of drug-likeness (QED) is 0.916. The first-order valence-electron chi connectivity index (χ1n) is 6.27. The Morgan fingerprint density at radius 3 is 2.47 bits per heavy atom. The van der Waals surface area contributed by atoms with E-state index in [-0.39, 0.29) is 11.5 Å². The third-order valence-corrected chi connectivity index (χ3v) is 6.67. The van der Waals surface area contributed by atoms with Gasteiger partial charge in [0.25, 0.3) is 10.0 Å². The first-order chi connectivity index (χ1) is 8.62. The number of nitrogens with one attached hydrogen (secondary N) is 1. The van der Waals surface area contributed by atoms with Gasteiger partial charge in [-0.3, -0.25) is 0 Å². The molecule has 2 rings (SSSR count). The van der Waals surface area contributed by atoms with E-state index in [9.17, 15) is 8.42 Å². The summed E-state index contributed by atoms with van der Waals surface area (Å²) < 4.78 is 28.1. The monoisotopic (exact) mass is 303 g/mol. The zero-order valence-electron chi connectivity index (χ0n) is 12.0. The van der Waals surface area contributed by atoms with Gasteiger partial charge in [0.05, 0.1) is 10.7 Å². The maximum Gasteiger partial charge on any atom is 0.252 e. The van der Waals surface area contributed by atoms with Gasteiger partial charge in [-0.05, 0) is 26.3 Å². The van der Waals surface area contributed by atoms with Crippen molar-refractivity contribution in [1.29, 1.82) is 0 Å². The molecule has 0 saturated carbocycles. The molecule has 0 radical (unpaired) electrons. The molecule has 19 heavy (non-hydrogen) atoms. The third kappa shape index (κ3) is 2.99. The van der Waals surface area contributed by atoms with E-state index in [0.29, 0.717) is 9.90 Å². The maximum absolute atomic E-state index is 12.5. The number of nitrogens with zero attached hydrogens (tertiary/aromatic N) is 2. The van der Waals surface area contributed by atoms with Crippen LogP contribution in [0.4, 0.5) is 0 Å². The normalized spacial score (nSPS) is 23.9. The average Bonchev–Trinajstić information content (AvgIpc) is 2.67. The highest BCUT2D eigenvalue weighted by Crippen LogP contribution is 2.31. The van der Waals surface area contributed by atoms with Crippen molar-refractivity contribution in [2.24, 2.45) is 5.41 Å². The first kappa shape index (κ1) is 14.9. The van der Waals surface area contributed by atoms with Crippen LogP contribution in [-0.2, 0) is 10.0 Å². The smallest absolute Gasteiger partial charge is 0.252 e. The van der Waals surface area contributed by atoms with Gasteiger partial charge in [0, 0.05) is 19.1 Å². The molecule has 0 amide bonds. The van der Waals surface area contributed by atoms with Crippen LogP contribution in [0.15, 0.2) is 4.21 Å². The van der Waals surface area contributed by atoms with Crippen molar-refractivity contribution in [3.05, 3.63) is 10.7 Å². The molecule has 1 aromatic rings. The van der Waals surface area contributed by atoms with E-state index in [4.69, 9.17) is 0 Å². The highest BCUT2D eigenvalue weighted by Gasteiger charge is 2.40. The van der Waals surface area contributed by atoms with Crippen LogP contribution in [0, 0.1) is 19.3 Å². The molecule has 1 N–H and O–H groups in total. The third-order valence-electron chi connectivity index (χ3n) is 3.52. The van der Waals surface area contributed by atoms with Crippen LogP contribution in [0.1, 0.15) is 24.5 Å². The molecule has 0 aromatic carbocycles. The van der Waals surface area contributed by atoms with E-state index in [2.05, 4.69) is 28.5 Å². The van der Waals surface area contributed by atoms with Crippen molar-refractivity contribution in [2.75, 3.05) is 20.1 Å². The summed E-state index contributed by atoms with van der Waals surface area (Å²) in [4.78, 5) is 6.34. The highest BCUT2D eigenvalue weighted by molar-refractivity contribution is 7.91. The van der Waals surface area contributed by atoms with Crippen molar-refractivity contribution in [3.63, 3.8) is 0 Å². The molecule has 1 aromatic heterocycles. The molecule has 0 bridgehead atoms. The van der Waals surface area contributed by atoms with Gasteiger partial charge >= 0.3 is 0 Å². The molecule has 1 unspecified atom stereocenters. The van der Waals surface area contributed by atoms with Gasteiger partial charge in [-0.25, -0.2) is 18.1 Å². The van der Waals surface area contributed by atoms with Crippen LogP contribution in [0.5, 0.6) is 0 Å². The summed E-state index contributed by atoms with van der Waals surface area (Å²) in [5.41, 5.74) is 0.522. The summed E-state index contributed by atoms with van der Waals surface area (Å²) in [6.45, 7) is 9.38. The second-order valence-corrected chi connectivity index (χ2v) is 9.08. The molecule has 1 aliphatic rings. The molecule has 1 fully saturated rings. The summed E-state index contributed by atoms with van der Waals surface area (Å²) in [5.74, 6) is 0. The summed E-state index contributed by atoms with van der Waals surface area (Å²) in [5, 5.41) is 0.778. The average molecular weight is 303 g/mol. The fourth-order valence-corrected chi connectivity index (χ4v) is 5.53. The van der Waals surface area contributed by atoms with Crippen LogP contribution in [0.3, 0.4) is 0 Å². The molecule has 1 atom stereocenters. The zero-order valence-corrected chi connectivity index (χ0v) is 13.7. The van der Waals surface area contributed by atoms with Crippen molar-refractivity contribution >= 4 is 21.4 Å². The molecular weight excluding hydrogens is 282 g/mol. The lowest BCUT2D eigenvalue weighted by molar-refractivity contribution is 0.315. The lowest BCUT2D eigenvalue weighted by Gasteiger charge is -2.26. The van der Waals surface area contributed by atoms with Gasteiger partial charge in [-0.2, -0.15) is 0 Å². The Kier molecular flexibility index (Phi) is 3.77. The Balaban J connectivity index is 2.25. The van der Waals surface area contributed by atoms with Crippen molar-refractivity contribution in [2.45, 2.75) is 37.9 Å². The Labute approximate surface area is 119 Å². The number of likely N-dealkylation sites (tertiary alicyclic amines) is 1. The van der Waals surface area contributed by atoms with Crippen LogP contribution in [0.2, 0.25) is 0 Å². The topological polar surface area (TPSA) is 62.3 Å². The van der Waals surface area contributed by atoms with E-state index < -0.39 is 10.0 Å². The van der Waals surface area contributed by atoms with Gasteiger partial charge in [0.2, 0.25) is 0 Å². The van der Waals surface area contributed by atoms with E-state index >= 15 is 0 Å². The summed E-state index contributed by atoms with van der Waals surface area (Å²) in [6.07, 6.45) is 0. The Hall–Kier alpha value is -0.500. The SMILES string of the molecule is Cc1nc(C)c(S(=O)(=O)NC2CN(C)CC2(C)C)s1. The number of likely N-dealkylation sites (N-methyl/N-ethyl adjacent to an activating group) is 1. The number of aromatic nitrogens is 1. The highest BCUT2D eigenvalue weighted by atomic mass is 32.2. The zero-order chi connectivity index (χ0) is 14.4. The molecular formula is C12H21N3O2S2. The van der Waals surface area contributed by atoms with Gasteiger partial charge in [0.1, 0.15) is 0 Å². The minimum atomic E-state index is -3.47. The molecule has 108 valence electrons. The van der Waals surface area contributed by atoms with E-state index in [1.807, 2.05) is 14.0 Å². The van der Waals surface area contributed by atoms with Crippen LogP contribution in [-0.4, -0.2) is 44.5 Å². The standard InChI is InChI=1S/C12H21N3O2S2/c1-8-11(18-9(2)13-8)19(16,17)14-10-6-15(5)7-12(10,3)4/h10,14H,6-7H2,1-5H3. The predicted molar refractivity (Wildman–Crippen MR) is 77.0 cm³/mol. The molecule has 0 spiro atoms. The number of aryl methyl sites for hydroxylation is 2. The molecule has 2 heterocycles. The van der Waals surface area contributed by atoms with Gasteiger partial charge in [-0.1, -0.05) is 13.8 Å². The molecule has 5 nitrogen and oxygen atoms in total. The first-order valence-corrected chi connectivity index (χ1v) is 8.57. The fraction of sp³-hybridized carbons (Fsp3) is 0.750. The largest absolute Gasteiger partial charge is 0.304 e. The maximum atomic E-state index is 12.5. The molecule has 1 aliphatic heterocycles. The van der Waals surface area contributed by atoms with Crippen LogP contribution in [0.25, 0.3) is 0 Å². The van der Waals surface area contributed by atoms with Gasteiger partial charge < -0.3 is 4.90 Å². The number of hydrogen-bond donors (Lipinski definition) is 1. The lowest BCUT2D eigenvalue weighted by Crippen LogP contribution is -2.44. The molecule has 7 heteroatoms.